The number of anilines is 2. The molecule has 6 rings (SSSR count). The Kier molecular flexibility index (Phi) is 16.2. The molecule has 5 N–H and O–H groups in total. The number of carbonyl (C=O) groups is 2. The molecule has 0 aliphatic rings. The van der Waals surface area contributed by atoms with Crippen molar-refractivity contribution in [3.05, 3.63) is 164 Å². The molecule has 0 bridgehead atoms. The smallest absolute Gasteiger partial charge is 0.247 e. The van der Waals surface area contributed by atoms with E-state index in [0.717, 1.165) is 42.1 Å². The summed E-state index contributed by atoms with van der Waals surface area (Å²) in [5, 5.41) is 11.4. The minimum Gasteiger partial charge on any atom is -0.333 e. The number of halogens is 3. The van der Waals surface area contributed by atoms with Crippen LogP contribution in [0.3, 0.4) is 0 Å². The summed E-state index contributed by atoms with van der Waals surface area (Å²) in [7, 11) is 3.27. The SMILES string of the molecule is CN.CNC(C(=O)Nc1ncc(Cc2ccccc2Cl)s1)c1ccccc1.O=C(Nc1ncc(Cc2ccccc2Cl)s1)C(Br)c1ccccc1. The van der Waals surface area contributed by atoms with Gasteiger partial charge in [-0.1, -0.05) is 136 Å². The Morgan fingerprint density at radius 1 is 0.667 bits per heavy atom. The Hall–Kier alpha value is -3.94. The highest BCUT2D eigenvalue weighted by Crippen LogP contribution is 2.29. The van der Waals surface area contributed by atoms with Gasteiger partial charge in [-0.05, 0) is 48.5 Å². The number of aromatic nitrogens is 2. The summed E-state index contributed by atoms with van der Waals surface area (Å²) in [6.45, 7) is 0. The Labute approximate surface area is 324 Å². The van der Waals surface area contributed by atoms with Crippen LogP contribution in [-0.4, -0.2) is 35.9 Å². The van der Waals surface area contributed by atoms with Crippen LogP contribution >= 0.6 is 61.8 Å². The Morgan fingerprint density at radius 3 is 1.53 bits per heavy atom. The predicted octanol–water partition coefficient (Wildman–Crippen LogP) is 9.32. The Balaban J connectivity index is 0.000000218. The van der Waals surface area contributed by atoms with Crippen LogP contribution < -0.4 is 21.7 Å². The molecular weight excluding hydrogens is 787 g/mol. The molecule has 0 saturated heterocycles. The van der Waals surface area contributed by atoms with Gasteiger partial charge in [0.15, 0.2) is 10.3 Å². The van der Waals surface area contributed by atoms with Crippen molar-refractivity contribution in [2.75, 3.05) is 24.7 Å². The zero-order valence-corrected chi connectivity index (χ0v) is 32.6. The van der Waals surface area contributed by atoms with E-state index < -0.39 is 10.9 Å². The minimum absolute atomic E-state index is 0.132. The lowest BCUT2D eigenvalue weighted by Crippen LogP contribution is -2.30. The van der Waals surface area contributed by atoms with Gasteiger partial charge in [0, 0.05) is 45.0 Å². The van der Waals surface area contributed by atoms with E-state index in [9.17, 15) is 9.59 Å². The van der Waals surface area contributed by atoms with Gasteiger partial charge in [0.2, 0.25) is 11.8 Å². The average Bonchev–Trinajstić information content (AvgIpc) is 3.80. The van der Waals surface area contributed by atoms with E-state index in [-0.39, 0.29) is 11.8 Å². The largest absolute Gasteiger partial charge is 0.333 e. The molecule has 0 radical (unpaired) electrons. The first kappa shape index (κ1) is 39.8. The number of hydrogen-bond acceptors (Lipinski definition) is 8. The van der Waals surface area contributed by atoms with Gasteiger partial charge < -0.3 is 21.7 Å². The highest BCUT2D eigenvalue weighted by molar-refractivity contribution is 9.09. The summed E-state index contributed by atoms with van der Waals surface area (Å²) < 4.78 is 0. The molecule has 0 aliphatic carbocycles. The fraction of sp³-hybridized carbons (Fsp3) is 0.158. The zero-order valence-electron chi connectivity index (χ0n) is 27.9. The normalized spacial score (nSPS) is 11.6. The van der Waals surface area contributed by atoms with Gasteiger partial charge in [-0.2, -0.15) is 0 Å². The van der Waals surface area contributed by atoms with Gasteiger partial charge in [0.1, 0.15) is 10.9 Å². The van der Waals surface area contributed by atoms with Gasteiger partial charge in [-0.25, -0.2) is 9.97 Å². The minimum atomic E-state index is -0.419. The molecule has 2 aromatic heterocycles. The highest BCUT2D eigenvalue weighted by Gasteiger charge is 2.20. The lowest BCUT2D eigenvalue weighted by molar-refractivity contribution is -0.118. The summed E-state index contributed by atoms with van der Waals surface area (Å²) >= 11 is 18.7. The highest BCUT2D eigenvalue weighted by atomic mass is 79.9. The quantitative estimate of drug-likeness (QED) is 0.0967. The third-order valence-corrected chi connectivity index (χ3v) is 10.7. The number of alkyl halides is 1. The molecule has 6 aromatic rings. The number of carbonyl (C=O) groups excluding carboxylic acids is 2. The number of nitrogens with one attached hydrogen (secondary N) is 3. The molecule has 0 spiro atoms. The van der Waals surface area contributed by atoms with Gasteiger partial charge in [-0.15, -0.1) is 22.7 Å². The maximum Gasteiger partial charge on any atom is 0.247 e. The van der Waals surface area contributed by atoms with Crippen LogP contribution in [-0.2, 0) is 22.4 Å². The molecule has 2 heterocycles. The van der Waals surface area contributed by atoms with Crippen molar-refractivity contribution in [1.29, 1.82) is 0 Å². The van der Waals surface area contributed by atoms with Crippen LogP contribution in [0.1, 0.15) is 42.9 Å². The maximum atomic E-state index is 12.5. The molecule has 264 valence electrons. The molecule has 0 fully saturated rings. The summed E-state index contributed by atoms with van der Waals surface area (Å²) in [5.41, 5.74) is 8.41. The first-order valence-corrected chi connectivity index (χ1v) is 19.1. The van der Waals surface area contributed by atoms with Crippen LogP contribution in [0.15, 0.2) is 122 Å². The van der Waals surface area contributed by atoms with Gasteiger partial charge in [0.05, 0.1) is 0 Å². The Morgan fingerprint density at radius 2 is 1.08 bits per heavy atom. The third-order valence-electron chi connectivity index (χ3n) is 7.22. The molecule has 0 saturated carbocycles. The number of hydrogen-bond donors (Lipinski definition) is 4. The van der Waals surface area contributed by atoms with Gasteiger partial charge >= 0.3 is 0 Å². The number of amides is 2. The van der Waals surface area contributed by atoms with Crippen LogP contribution in [0.2, 0.25) is 10.0 Å². The lowest BCUT2D eigenvalue weighted by Gasteiger charge is -2.15. The molecule has 2 atom stereocenters. The predicted molar refractivity (Wildman–Crippen MR) is 216 cm³/mol. The summed E-state index contributed by atoms with van der Waals surface area (Å²) in [6.07, 6.45) is 4.95. The number of nitrogens with zero attached hydrogens (tertiary/aromatic N) is 2. The average molecular weight is 825 g/mol. The van der Waals surface area contributed by atoms with Crippen LogP contribution in [0, 0.1) is 0 Å². The van der Waals surface area contributed by atoms with Crippen LogP contribution in [0.4, 0.5) is 10.3 Å². The first-order chi connectivity index (χ1) is 24.8. The van der Waals surface area contributed by atoms with Crippen molar-refractivity contribution in [2.45, 2.75) is 23.7 Å². The number of benzene rings is 4. The standard InChI is InChI=1S/C19H18ClN3OS.C18H14BrClN2OS.CH5N/c1-21-17(13-7-3-2-4-8-13)18(24)23-19-22-12-15(25-19)11-14-9-5-6-10-16(14)20;19-16(12-6-2-1-3-7-12)17(23)22-18-21-11-14(24-18)10-13-8-4-5-9-15(13)20;1-2/h2-10,12,17,21H,11H2,1H3,(H,22,23,24);1-9,11,16H,10H2,(H,21,22,23);2H2,1H3. The second-order valence-electron chi connectivity index (χ2n) is 10.7. The molecule has 0 aliphatic heterocycles. The van der Waals surface area contributed by atoms with E-state index in [4.69, 9.17) is 23.2 Å². The summed E-state index contributed by atoms with van der Waals surface area (Å²) in [4.78, 5) is 35.1. The summed E-state index contributed by atoms with van der Waals surface area (Å²) in [5.74, 6) is -0.271. The molecule has 2 unspecified atom stereocenters. The van der Waals surface area contributed by atoms with E-state index in [0.29, 0.717) is 23.1 Å². The molecule has 4 aromatic carbocycles. The second-order valence-corrected chi connectivity index (χ2v) is 14.6. The van der Waals surface area contributed by atoms with E-state index >= 15 is 0 Å². The van der Waals surface area contributed by atoms with E-state index in [2.05, 4.69) is 47.6 Å². The van der Waals surface area contributed by atoms with Crippen molar-refractivity contribution in [3.63, 3.8) is 0 Å². The van der Waals surface area contributed by atoms with E-state index in [1.807, 2.05) is 109 Å². The maximum absolute atomic E-state index is 12.5. The molecule has 51 heavy (non-hydrogen) atoms. The van der Waals surface area contributed by atoms with Crippen molar-refractivity contribution in [3.8, 4) is 0 Å². The number of thiazole rings is 2. The molecule has 8 nitrogen and oxygen atoms in total. The van der Waals surface area contributed by atoms with Crippen molar-refractivity contribution in [2.24, 2.45) is 5.73 Å². The van der Waals surface area contributed by atoms with Gasteiger partial charge in [-0.3, -0.25) is 9.59 Å². The number of likely N-dealkylation sites (N-methyl/N-ethyl adjacent to an activating group) is 1. The van der Waals surface area contributed by atoms with Gasteiger partial charge in [0.25, 0.3) is 0 Å². The third kappa shape index (κ3) is 12.1. The number of rotatable bonds is 11. The fourth-order valence-electron chi connectivity index (χ4n) is 4.77. The van der Waals surface area contributed by atoms with E-state index in [1.54, 1.807) is 19.4 Å². The number of nitrogens with two attached hydrogens (primary N) is 1. The summed E-state index contributed by atoms with van der Waals surface area (Å²) in [6, 6.07) is 34.2. The molecule has 2 amide bonds. The Bertz CT molecular complexity index is 1980. The van der Waals surface area contributed by atoms with E-state index in [1.165, 1.54) is 29.7 Å². The topological polar surface area (TPSA) is 122 Å². The van der Waals surface area contributed by atoms with Crippen LogP contribution in [0.5, 0.6) is 0 Å². The van der Waals surface area contributed by atoms with Crippen molar-refractivity contribution in [1.82, 2.24) is 15.3 Å². The lowest BCUT2D eigenvalue weighted by atomic mass is 10.1. The fourth-order valence-corrected chi connectivity index (χ4v) is 7.27. The first-order valence-electron chi connectivity index (χ1n) is 15.8. The molecule has 13 heteroatoms. The van der Waals surface area contributed by atoms with Crippen molar-refractivity contribution < 1.29 is 9.59 Å². The van der Waals surface area contributed by atoms with Crippen molar-refractivity contribution >= 4 is 83.9 Å². The monoisotopic (exact) mass is 822 g/mol. The zero-order chi connectivity index (χ0) is 36.6. The van der Waals surface area contributed by atoms with Crippen LogP contribution in [0.25, 0.3) is 0 Å². The molecular formula is C38H37BrCl2N6O2S2. The second kappa shape index (κ2) is 20.8.